The van der Waals surface area contributed by atoms with Crippen LogP contribution < -0.4 is 4.90 Å². The van der Waals surface area contributed by atoms with E-state index in [1.54, 1.807) is 12.1 Å². The number of benzene rings is 1. The Bertz CT molecular complexity index is 323. The van der Waals surface area contributed by atoms with Gasteiger partial charge in [0, 0.05) is 38.9 Å². The van der Waals surface area contributed by atoms with Crippen molar-refractivity contribution >= 4 is 5.69 Å². The third-order valence-corrected chi connectivity index (χ3v) is 2.67. The van der Waals surface area contributed by atoms with E-state index in [9.17, 15) is 4.39 Å². The van der Waals surface area contributed by atoms with Gasteiger partial charge in [-0.05, 0) is 38.1 Å². The summed E-state index contributed by atoms with van der Waals surface area (Å²) in [5.41, 5.74) is 0.989. The molecule has 0 saturated heterocycles. The van der Waals surface area contributed by atoms with Crippen molar-refractivity contribution in [2.24, 2.45) is 0 Å². The second-order valence-corrected chi connectivity index (χ2v) is 4.03. The van der Waals surface area contributed by atoms with Gasteiger partial charge in [-0.3, -0.25) is 0 Å². The van der Waals surface area contributed by atoms with Gasteiger partial charge >= 0.3 is 0 Å². The van der Waals surface area contributed by atoms with Crippen LogP contribution in [0.25, 0.3) is 0 Å². The number of halogens is 1. The third kappa shape index (κ3) is 5.02. The molecule has 0 aliphatic carbocycles. The minimum Gasteiger partial charge on any atom is -0.374 e. The van der Waals surface area contributed by atoms with E-state index in [0.29, 0.717) is 13.2 Å². The SMILES string of the molecule is CCOC(CCN(C)c1ccc(F)cc1)OCC. The molecule has 0 bridgehead atoms. The second-order valence-electron chi connectivity index (χ2n) is 4.03. The van der Waals surface area contributed by atoms with E-state index >= 15 is 0 Å². The van der Waals surface area contributed by atoms with Crippen LogP contribution in [0.15, 0.2) is 24.3 Å². The standard InChI is InChI=1S/C14H22FNO2/c1-4-17-14(18-5-2)10-11-16(3)13-8-6-12(15)7-9-13/h6-9,14H,4-5,10-11H2,1-3H3. The van der Waals surface area contributed by atoms with Crippen LogP contribution in [-0.2, 0) is 9.47 Å². The Morgan fingerprint density at radius 2 is 1.67 bits per heavy atom. The van der Waals surface area contributed by atoms with Gasteiger partial charge in [0.05, 0.1) is 0 Å². The van der Waals surface area contributed by atoms with Crippen molar-refractivity contribution in [2.75, 3.05) is 31.7 Å². The number of hydrogen-bond donors (Lipinski definition) is 0. The van der Waals surface area contributed by atoms with Crippen LogP contribution in [0.4, 0.5) is 10.1 Å². The highest BCUT2D eigenvalue weighted by molar-refractivity contribution is 5.45. The molecule has 0 amide bonds. The first-order valence-corrected chi connectivity index (χ1v) is 6.37. The van der Waals surface area contributed by atoms with Gasteiger partial charge in [0.25, 0.3) is 0 Å². The molecule has 102 valence electrons. The highest BCUT2D eigenvalue weighted by atomic mass is 19.1. The zero-order valence-corrected chi connectivity index (χ0v) is 11.4. The normalized spacial score (nSPS) is 10.9. The third-order valence-electron chi connectivity index (χ3n) is 2.67. The lowest BCUT2D eigenvalue weighted by molar-refractivity contribution is -0.137. The Balaban J connectivity index is 2.43. The summed E-state index contributed by atoms with van der Waals surface area (Å²) in [6.07, 6.45) is 0.623. The predicted octanol–water partition coefficient (Wildman–Crippen LogP) is 3.05. The number of hydrogen-bond acceptors (Lipinski definition) is 3. The Morgan fingerprint density at radius 3 is 2.17 bits per heavy atom. The second kappa shape index (κ2) is 8.06. The number of rotatable bonds is 8. The van der Waals surface area contributed by atoms with Crippen molar-refractivity contribution in [3.63, 3.8) is 0 Å². The fourth-order valence-corrected chi connectivity index (χ4v) is 1.71. The molecule has 0 aliphatic rings. The topological polar surface area (TPSA) is 21.7 Å². The largest absolute Gasteiger partial charge is 0.374 e. The summed E-state index contributed by atoms with van der Waals surface area (Å²) in [6.45, 7) is 6.00. The Morgan fingerprint density at radius 1 is 1.11 bits per heavy atom. The zero-order chi connectivity index (χ0) is 13.4. The molecule has 0 heterocycles. The Hall–Kier alpha value is -1.13. The Labute approximate surface area is 109 Å². The van der Waals surface area contributed by atoms with Crippen molar-refractivity contribution in [3.8, 4) is 0 Å². The maximum absolute atomic E-state index is 12.8. The van der Waals surface area contributed by atoms with E-state index in [4.69, 9.17) is 9.47 Å². The van der Waals surface area contributed by atoms with Crippen LogP contribution in [0.1, 0.15) is 20.3 Å². The minimum absolute atomic E-state index is 0.164. The highest BCUT2D eigenvalue weighted by Gasteiger charge is 2.09. The molecule has 1 aromatic carbocycles. The van der Waals surface area contributed by atoms with Gasteiger partial charge in [0.2, 0.25) is 0 Å². The molecular formula is C14H22FNO2. The van der Waals surface area contributed by atoms with Gasteiger partial charge in [0.1, 0.15) is 5.82 Å². The molecule has 0 saturated carbocycles. The smallest absolute Gasteiger partial charge is 0.159 e. The molecule has 4 heteroatoms. The van der Waals surface area contributed by atoms with Crippen LogP contribution in [0.3, 0.4) is 0 Å². The van der Waals surface area contributed by atoms with Crippen LogP contribution in [0.2, 0.25) is 0 Å². The fourth-order valence-electron chi connectivity index (χ4n) is 1.71. The quantitative estimate of drug-likeness (QED) is 0.666. The lowest BCUT2D eigenvalue weighted by Crippen LogP contribution is -2.26. The Kier molecular flexibility index (Phi) is 6.68. The lowest BCUT2D eigenvalue weighted by Gasteiger charge is -2.23. The molecule has 18 heavy (non-hydrogen) atoms. The monoisotopic (exact) mass is 255 g/mol. The summed E-state index contributed by atoms with van der Waals surface area (Å²) >= 11 is 0. The van der Waals surface area contributed by atoms with E-state index in [1.165, 1.54) is 12.1 Å². The van der Waals surface area contributed by atoms with Crippen molar-refractivity contribution in [1.29, 1.82) is 0 Å². The van der Waals surface area contributed by atoms with E-state index in [2.05, 4.69) is 4.90 Å². The van der Waals surface area contributed by atoms with Crippen LogP contribution in [0.5, 0.6) is 0 Å². The molecule has 1 rings (SSSR count). The summed E-state index contributed by atoms with van der Waals surface area (Å²) in [6, 6.07) is 6.47. The van der Waals surface area contributed by atoms with E-state index in [1.807, 2.05) is 20.9 Å². The maximum atomic E-state index is 12.8. The summed E-state index contributed by atoms with van der Waals surface area (Å²) in [5, 5.41) is 0. The maximum Gasteiger partial charge on any atom is 0.159 e. The molecule has 0 atom stereocenters. The van der Waals surface area contributed by atoms with Crippen molar-refractivity contribution in [3.05, 3.63) is 30.1 Å². The van der Waals surface area contributed by atoms with Gasteiger partial charge < -0.3 is 14.4 Å². The van der Waals surface area contributed by atoms with Crippen LogP contribution in [-0.4, -0.2) is 33.1 Å². The lowest BCUT2D eigenvalue weighted by atomic mass is 10.2. The number of anilines is 1. The molecule has 0 fully saturated rings. The first-order chi connectivity index (χ1) is 8.67. The molecule has 0 aromatic heterocycles. The highest BCUT2D eigenvalue weighted by Crippen LogP contribution is 2.14. The molecule has 0 radical (unpaired) electrons. The van der Waals surface area contributed by atoms with Crippen LogP contribution >= 0.6 is 0 Å². The van der Waals surface area contributed by atoms with E-state index in [-0.39, 0.29) is 12.1 Å². The fraction of sp³-hybridized carbons (Fsp3) is 0.571. The van der Waals surface area contributed by atoms with Crippen molar-refractivity contribution < 1.29 is 13.9 Å². The summed E-state index contributed by atoms with van der Waals surface area (Å²) < 4.78 is 23.8. The van der Waals surface area contributed by atoms with Gasteiger partial charge in [-0.2, -0.15) is 0 Å². The zero-order valence-electron chi connectivity index (χ0n) is 11.4. The molecule has 0 spiro atoms. The molecule has 0 unspecified atom stereocenters. The average molecular weight is 255 g/mol. The van der Waals surface area contributed by atoms with Crippen molar-refractivity contribution in [2.45, 2.75) is 26.6 Å². The summed E-state index contributed by atoms with van der Waals surface area (Å²) in [5.74, 6) is -0.214. The van der Waals surface area contributed by atoms with Crippen molar-refractivity contribution in [1.82, 2.24) is 0 Å². The molecular weight excluding hydrogens is 233 g/mol. The molecule has 0 N–H and O–H groups in total. The first-order valence-electron chi connectivity index (χ1n) is 6.37. The minimum atomic E-state index is -0.214. The average Bonchev–Trinajstić information content (AvgIpc) is 2.37. The van der Waals surface area contributed by atoms with Gasteiger partial charge in [-0.1, -0.05) is 0 Å². The number of ether oxygens (including phenoxy) is 2. The van der Waals surface area contributed by atoms with Gasteiger partial charge in [-0.15, -0.1) is 0 Å². The predicted molar refractivity (Wildman–Crippen MR) is 71.3 cm³/mol. The van der Waals surface area contributed by atoms with E-state index in [0.717, 1.165) is 18.7 Å². The van der Waals surface area contributed by atoms with Gasteiger partial charge in [-0.25, -0.2) is 4.39 Å². The van der Waals surface area contributed by atoms with Crippen LogP contribution in [0, 0.1) is 5.82 Å². The van der Waals surface area contributed by atoms with Gasteiger partial charge in [0.15, 0.2) is 6.29 Å². The van der Waals surface area contributed by atoms with E-state index < -0.39 is 0 Å². The first kappa shape index (κ1) is 14.9. The molecule has 0 aliphatic heterocycles. The molecule has 3 nitrogen and oxygen atoms in total. The summed E-state index contributed by atoms with van der Waals surface area (Å²) in [4.78, 5) is 2.06. The number of nitrogens with zero attached hydrogens (tertiary/aromatic N) is 1. The summed E-state index contributed by atoms with van der Waals surface area (Å²) in [7, 11) is 1.97. The molecule has 1 aromatic rings.